The summed E-state index contributed by atoms with van der Waals surface area (Å²) >= 11 is 5.02. The van der Waals surface area contributed by atoms with Crippen molar-refractivity contribution in [3.05, 3.63) is 53.5 Å². The lowest BCUT2D eigenvalue weighted by atomic mass is 10.1. The van der Waals surface area contributed by atoms with Crippen LogP contribution in [0.3, 0.4) is 0 Å². The number of hydrogen-bond donors (Lipinski definition) is 1. The Morgan fingerprint density at radius 3 is 2.58 bits per heavy atom. The highest BCUT2D eigenvalue weighted by molar-refractivity contribution is 9.10. The van der Waals surface area contributed by atoms with E-state index in [-0.39, 0.29) is 0 Å². The van der Waals surface area contributed by atoms with Gasteiger partial charge in [0.25, 0.3) is 0 Å². The smallest absolute Gasteiger partial charge is 0.180 e. The summed E-state index contributed by atoms with van der Waals surface area (Å²) in [6, 6.07) is 7.82. The van der Waals surface area contributed by atoms with Crippen LogP contribution in [-0.2, 0) is 0 Å². The number of nitrogen functional groups attached to an aromatic ring is 1. The number of nitrogens with zero attached hydrogens (tertiary/aromatic N) is 5. The van der Waals surface area contributed by atoms with Crippen molar-refractivity contribution in [2.75, 3.05) is 12.3 Å². The molecule has 1 aromatic carbocycles. The van der Waals surface area contributed by atoms with Crippen molar-refractivity contribution in [2.24, 2.45) is 5.92 Å². The highest BCUT2D eigenvalue weighted by Crippen LogP contribution is 2.35. The average Bonchev–Trinajstić information content (AvgIpc) is 3.21. The van der Waals surface area contributed by atoms with E-state index in [0.29, 0.717) is 29.2 Å². The van der Waals surface area contributed by atoms with Gasteiger partial charge in [0.2, 0.25) is 0 Å². The molecular formula is C22H21BrN6OS. The summed E-state index contributed by atoms with van der Waals surface area (Å²) in [5.74, 6) is 1.86. The molecule has 4 rings (SSSR count). The molecule has 9 heteroatoms. The van der Waals surface area contributed by atoms with Crippen LogP contribution in [0.15, 0.2) is 53.5 Å². The van der Waals surface area contributed by atoms with Gasteiger partial charge in [-0.15, -0.1) is 0 Å². The molecule has 0 saturated heterocycles. The van der Waals surface area contributed by atoms with Gasteiger partial charge in [0.1, 0.15) is 11.4 Å². The number of anilines is 1. The van der Waals surface area contributed by atoms with Crippen LogP contribution >= 0.6 is 27.3 Å². The second kappa shape index (κ2) is 9.49. The Bertz CT molecular complexity index is 1180. The first-order chi connectivity index (χ1) is 15.0. The van der Waals surface area contributed by atoms with E-state index in [1.165, 1.54) is 11.3 Å². The lowest BCUT2D eigenvalue weighted by Gasteiger charge is -2.12. The minimum atomic E-state index is 0.477. The molecule has 3 aromatic heterocycles. The Kier molecular flexibility index (Phi) is 6.53. The van der Waals surface area contributed by atoms with Gasteiger partial charge in [-0.25, -0.2) is 19.9 Å². The summed E-state index contributed by atoms with van der Waals surface area (Å²) in [6.07, 6.45) is 7.59. The average molecular weight is 497 g/mol. The van der Waals surface area contributed by atoms with Crippen molar-refractivity contribution in [2.45, 2.75) is 20.3 Å². The molecule has 0 unspecified atom stereocenters. The van der Waals surface area contributed by atoms with E-state index >= 15 is 0 Å². The molecule has 0 spiro atoms. The fourth-order valence-electron chi connectivity index (χ4n) is 2.85. The monoisotopic (exact) mass is 496 g/mol. The largest absolute Gasteiger partial charge is 0.494 e. The lowest BCUT2D eigenvalue weighted by Crippen LogP contribution is -2.02. The summed E-state index contributed by atoms with van der Waals surface area (Å²) in [6.45, 7) is 5.02. The van der Waals surface area contributed by atoms with Gasteiger partial charge in [-0.1, -0.05) is 41.1 Å². The summed E-state index contributed by atoms with van der Waals surface area (Å²) in [5.41, 5.74) is 8.78. The van der Waals surface area contributed by atoms with Crippen LogP contribution in [0.5, 0.6) is 5.75 Å². The van der Waals surface area contributed by atoms with Crippen LogP contribution in [0.4, 0.5) is 5.13 Å². The van der Waals surface area contributed by atoms with E-state index in [0.717, 1.165) is 38.5 Å². The van der Waals surface area contributed by atoms with Crippen LogP contribution in [0.1, 0.15) is 20.3 Å². The molecule has 0 aliphatic heterocycles. The number of thiazole rings is 1. The SMILES string of the molecule is CC(C)CCOc1ccc(Br)c(-c2cc(-c3cnc(N)s3)nc(-c3cnccn3)n2)c1. The first kappa shape index (κ1) is 21.3. The van der Waals surface area contributed by atoms with Crippen molar-refractivity contribution in [3.63, 3.8) is 0 Å². The molecule has 31 heavy (non-hydrogen) atoms. The molecular weight excluding hydrogens is 476 g/mol. The zero-order valence-electron chi connectivity index (χ0n) is 17.1. The van der Waals surface area contributed by atoms with Crippen LogP contribution in [-0.4, -0.2) is 31.5 Å². The summed E-state index contributed by atoms with van der Waals surface area (Å²) in [4.78, 5) is 23.0. The van der Waals surface area contributed by atoms with Crippen molar-refractivity contribution < 1.29 is 4.74 Å². The predicted octanol–water partition coefficient (Wildman–Crippen LogP) is 5.49. The molecule has 0 aliphatic rings. The van der Waals surface area contributed by atoms with E-state index in [1.54, 1.807) is 24.8 Å². The molecule has 4 aromatic rings. The summed E-state index contributed by atoms with van der Waals surface area (Å²) < 4.78 is 6.86. The quantitative estimate of drug-likeness (QED) is 0.360. The number of aromatic nitrogens is 5. The van der Waals surface area contributed by atoms with Crippen molar-refractivity contribution in [1.82, 2.24) is 24.9 Å². The van der Waals surface area contributed by atoms with Gasteiger partial charge in [-0.2, -0.15) is 0 Å². The highest BCUT2D eigenvalue weighted by Gasteiger charge is 2.15. The van der Waals surface area contributed by atoms with Crippen molar-refractivity contribution in [1.29, 1.82) is 0 Å². The molecule has 0 amide bonds. The number of nitrogens with two attached hydrogens (primary N) is 1. The second-order valence-corrected chi connectivity index (χ2v) is 9.20. The standard InChI is InChI=1S/C22H21BrN6OS/c1-13(2)5-8-30-14-3-4-16(23)15(9-14)17-10-18(20-12-27-22(24)31-20)29-21(28-17)19-11-25-6-7-26-19/h3-4,6-7,9-13H,5,8H2,1-2H3,(H2,24,27). The zero-order chi connectivity index (χ0) is 21.8. The first-order valence-corrected chi connectivity index (χ1v) is 11.4. The molecule has 0 atom stereocenters. The van der Waals surface area contributed by atoms with Crippen LogP contribution < -0.4 is 10.5 Å². The maximum atomic E-state index is 5.96. The maximum Gasteiger partial charge on any atom is 0.180 e. The number of halogens is 1. The van der Waals surface area contributed by atoms with Gasteiger partial charge in [0, 0.05) is 28.6 Å². The second-order valence-electron chi connectivity index (χ2n) is 7.29. The molecule has 3 heterocycles. The molecule has 0 radical (unpaired) electrons. The normalized spacial score (nSPS) is 11.1. The first-order valence-electron chi connectivity index (χ1n) is 9.79. The molecule has 0 saturated carbocycles. The molecule has 0 bridgehead atoms. The fourth-order valence-corrected chi connectivity index (χ4v) is 3.94. The Morgan fingerprint density at radius 1 is 1.03 bits per heavy atom. The minimum absolute atomic E-state index is 0.477. The molecule has 0 fully saturated rings. The molecule has 7 nitrogen and oxygen atoms in total. The maximum absolute atomic E-state index is 5.96. The van der Waals surface area contributed by atoms with E-state index in [1.807, 2.05) is 24.3 Å². The third-order valence-electron chi connectivity index (χ3n) is 4.47. The van der Waals surface area contributed by atoms with Crippen LogP contribution in [0, 0.1) is 5.92 Å². The van der Waals surface area contributed by atoms with Gasteiger partial charge < -0.3 is 10.5 Å². The third-order valence-corrected chi connectivity index (χ3v) is 6.01. The molecule has 2 N–H and O–H groups in total. The predicted molar refractivity (Wildman–Crippen MR) is 127 cm³/mol. The van der Waals surface area contributed by atoms with Gasteiger partial charge >= 0.3 is 0 Å². The van der Waals surface area contributed by atoms with Crippen LogP contribution in [0.2, 0.25) is 0 Å². The molecule has 0 aliphatic carbocycles. The Balaban J connectivity index is 1.78. The van der Waals surface area contributed by atoms with Gasteiger partial charge in [-0.05, 0) is 36.6 Å². The Labute approximate surface area is 192 Å². The van der Waals surface area contributed by atoms with Gasteiger partial charge in [0.05, 0.1) is 29.1 Å². The number of ether oxygens (including phenoxy) is 1. The fraction of sp³-hybridized carbons (Fsp3) is 0.227. The summed E-state index contributed by atoms with van der Waals surface area (Å²) in [7, 11) is 0. The van der Waals surface area contributed by atoms with E-state index in [2.05, 4.69) is 49.7 Å². The van der Waals surface area contributed by atoms with E-state index in [9.17, 15) is 0 Å². The van der Waals surface area contributed by atoms with Crippen molar-refractivity contribution >= 4 is 32.4 Å². The van der Waals surface area contributed by atoms with Gasteiger partial charge in [0.15, 0.2) is 11.0 Å². The number of rotatable bonds is 7. The number of hydrogen-bond acceptors (Lipinski definition) is 8. The molecule has 158 valence electrons. The topological polar surface area (TPSA) is 99.7 Å². The van der Waals surface area contributed by atoms with Crippen molar-refractivity contribution in [3.8, 4) is 39.1 Å². The Morgan fingerprint density at radius 2 is 1.87 bits per heavy atom. The lowest BCUT2D eigenvalue weighted by molar-refractivity contribution is 0.289. The van der Waals surface area contributed by atoms with E-state index < -0.39 is 0 Å². The number of benzene rings is 1. The van der Waals surface area contributed by atoms with Crippen LogP contribution in [0.25, 0.3) is 33.3 Å². The third kappa shape index (κ3) is 5.23. The van der Waals surface area contributed by atoms with E-state index in [4.69, 9.17) is 15.5 Å². The summed E-state index contributed by atoms with van der Waals surface area (Å²) in [5, 5.41) is 0.484. The minimum Gasteiger partial charge on any atom is -0.494 e. The van der Waals surface area contributed by atoms with Gasteiger partial charge in [-0.3, -0.25) is 4.98 Å². The highest BCUT2D eigenvalue weighted by atomic mass is 79.9. The zero-order valence-corrected chi connectivity index (χ0v) is 19.5. The Hall–Kier alpha value is -2.91.